The first-order valence-corrected chi connectivity index (χ1v) is 10.3. The van der Waals surface area contributed by atoms with Crippen molar-refractivity contribution in [2.24, 2.45) is 5.92 Å². The first kappa shape index (κ1) is 17.9. The number of hydrogen-bond acceptors (Lipinski definition) is 3. The molecule has 1 aliphatic heterocycles. The molecule has 2 aromatic heterocycles. The molecular weight excluding hydrogens is 360 g/mol. The standard InChI is InChI=1S/C24H24N4O/c29-24(13-19-12-20-7-1-2-8-21(20)25-14-19)27-11-5-6-18(15-27)16-28-17-26-22-9-3-4-10-23(22)28/h1-4,7-10,12,14,17-18H,5-6,11,13,15-16H2/t18-/m0/s1. The van der Waals surface area contributed by atoms with Crippen LogP contribution in [0.4, 0.5) is 0 Å². The number of fused-ring (bicyclic) bond motifs is 2. The summed E-state index contributed by atoms with van der Waals surface area (Å²) in [5.74, 6) is 0.655. The lowest BCUT2D eigenvalue weighted by atomic mass is 9.97. The van der Waals surface area contributed by atoms with Gasteiger partial charge in [-0.15, -0.1) is 0 Å². The van der Waals surface area contributed by atoms with E-state index >= 15 is 0 Å². The maximum absolute atomic E-state index is 12.9. The number of aromatic nitrogens is 3. The van der Waals surface area contributed by atoms with Gasteiger partial charge >= 0.3 is 0 Å². The predicted molar refractivity (Wildman–Crippen MR) is 114 cm³/mol. The Balaban J connectivity index is 1.26. The highest BCUT2D eigenvalue weighted by Gasteiger charge is 2.24. The van der Waals surface area contributed by atoms with Crippen LogP contribution < -0.4 is 0 Å². The van der Waals surface area contributed by atoms with Crippen LogP contribution in [0.25, 0.3) is 21.9 Å². The molecule has 1 aliphatic rings. The van der Waals surface area contributed by atoms with Gasteiger partial charge in [0.2, 0.25) is 5.91 Å². The lowest BCUT2D eigenvalue weighted by Gasteiger charge is -2.33. The Hall–Kier alpha value is -3.21. The Morgan fingerprint density at radius 1 is 1.03 bits per heavy atom. The van der Waals surface area contributed by atoms with Crippen molar-refractivity contribution in [1.29, 1.82) is 0 Å². The molecule has 0 radical (unpaired) electrons. The van der Waals surface area contributed by atoms with E-state index in [2.05, 4.69) is 32.7 Å². The van der Waals surface area contributed by atoms with Gasteiger partial charge in [0.15, 0.2) is 0 Å². The van der Waals surface area contributed by atoms with Gasteiger partial charge < -0.3 is 9.47 Å². The van der Waals surface area contributed by atoms with Crippen molar-refractivity contribution in [1.82, 2.24) is 19.4 Å². The quantitative estimate of drug-likeness (QED) is 0.533. The number of rotatable bonds is 4. The zero-order valence-corrected chi connectivity index (χ0v) is 16.4. The van der Waals surface area contributed by atoms with E-state index < -0.39 is 0 Å². The van der Waals surface area contributed by atoms with Crippen LogP contribution in [0, 0.1) is 5.92 Å². The molecule has 4 aromatic rings. The van der Waals surface area contributed by atoms with Gasteiger partial charge in [-0.1, -0.05) is 30.3 Å². The van der Waals surface area contributed by atoms with Crippen molar-refractivity contribution in [3.8, 4) is 0 Å². The van der Waals surface area contributed by atoms with Crippen molar-refractivity contribution in [2.45, 2.75) is 25.8 Å². The second kappa shape index (κ2) is 7.66. The summed E-state index contributed by atoms with van der Waals surface area (Å²) in [7, 11) is 0. The lowest BCUT2D eigenvalue weighted by molar-refractivity contribution is -0.132. The Morgan fingerprint density at radius 2 is 1.86 bits per heavy atom. The largest absolute Gasteiger partial charge is 0.342 e. The fourth-order valence-corrected chi connectivity index (χ4v) is 4.37. The third-order valence-corrected chi connectivity index (χ3v) is 5.86. The molecule has 0 bridgehead atoms. The highest BCUT2D eigenvalue weighted by Crippen LogP contribution is 2.22. The minimum atomic E-state index is 0.197. The highest BCUT2D eigenvalue weighted by atomic mass is 16.2. The number of para-hydroxylation sites is 3. The first-order valence-electron chi connectivity index (χ1n) is 10.3. The molecule has 5 nitrogen and oxygen atoms in total. The number of pyridine rings is 1. The number of carbonyl (C=O) groups excluding carboxylic acids is 1. The predicted octanol–water partition coefficient (Wildman–Crippen LogP) is 4.07. The fraction of sp³-hybridized carbons (Fsp3) is 0.292. The molecule has 0 saturated carbocycles. The van der Waals surface area contributed by atoms with E-state index in [1.165, 1.54) is 0 Å². The van der Waals surface area contributed by atoms with Crippen LogP contribution in [0.15, 0.2) is 67.1 Å². The van der Waals surface area contributed by atoms with Crippen molar-refractivity contribution >= 4 is 27.8 Å². The average Bonchev–Trinajstić information content (AvgIpc) is 3.17. The molecule has 0 spiro atoms. The number of nitrogens with zero attached hydrogens (tertiary/aromatic N) is 4. The molecule has 3 heterocycles. The summed E-state index contributed by atoms with van der Waals surface area (Å²) in [5, 5.41) is 1.08. The van der Waals surface area contributed by atoms with Crippen molar-refractivity contribution < 1.29 is 4.79 Å². The van der Waals surface area contributed by atoms with E-state index in [0.29, 0.717) is 12.3 Å². The maximum Gasteiger partial charge on any atom is 0.227 e. The Morgan fingerprint density at radius 3 is 2.79 bits per heavy atom. The van der Waals surface area contributed by atoms with Crippen LogP contribution in [0.3, 0.4) is 0 Å². The Bertz CT molecular complexity index is 1170. The third kappa shape index (κ3) is 3.73. The van der Waals surface area contributed by atoms with Gasteiger partial charge in [0.25, 0.3) is 0 Å². The number of benzene rings is 2. The second-order valence-corrected chi connectivity index (χ2v) is 7.95. The van der Waals surface area contributed by atoms with Crippen LogP contribution >= 0.6 is 0 Å². The fourth-order valence-electron chi connectivity index (χ4n) is 4.37. The van der Waals surface area contributed by atoms with Gasteiger partial charge in [-0.25, -0.2) is 4.98 Å². The molecule has 1 fully saturated rings. The van der Waals surface area contributed by atoms with E-state index in [0.717, 1.165) is 60.0 Å². The number of carbonyl (C=O) groups is 1. The van der Waals surface area contributed by atoms with Gasteiger partial charge in [-0.3, -0.25) is 9.78 Å². The van der Waals surface area contributed by atoms with Gasteiger partial charge in [-0.05, 0) is 48.6 Å². The van der Waals surface area contributed by atoms with E-state index in [1.807, 2.05) is 53.8 Å². The molecule has 29 heavy (non-hydrogen) atoms. The molecule has 1 amide bonds. The van der Waals surface area contributed by atoms with Crippen LogP contribution in [0.2, 0.25) is 0 Å². The molecule has 146 valence electrons. The van der Waals surface area contributed by atoms with Gasteiger partial charge in [0, 0.05) is 31.2 Å². The van der Waals surface area contributed by atoms with Gasteiger partial charge in [0.05, 0.1) is 29.3 Å². The lowest BCUT2D eigenvalue weighted by Crippen LogP contribution is -2.41. The molecule has 0 N–H and O–H groups in total. The Kier molecular flexibility index (Phi) is 4.72. The third-order valence-electron chi connectivity index (χ3n) is 5.86. The van der Waals surface area contributed by atoms with Crippen LogP contribution in [0.5, 0.6) is 0 Å². The molecule has 0 unspecified atom stereocenters. The van der Waals surface area contributed by atoms with Crippen LogP contribution in [0.1, 0.15) is 18.4 Å². The van der Waals surface area contributed by atoms with Crippen LogP contribution in [-0.4, -0.2) is 38.4 Å². The zero-order valence-electron chi connectivity index (χ0n) is 16.4. The number of hydrogen-bond donors (Lipinski definition) is 0. The van der Waals surface area contributed by atoms with Crippen molar-refractivity contribution in [3.05, 3.63) is 72.7 Å². The molecule has 1 atom stereocenters. The first-order chi connectivity index (χ1) is 14.3. The number of piperidine rings is 1. The summed E-state index contributed by atoms with van der Waals surface area (Å²) in [4.78, 5) is 24.0. The molecule has 5 heteroatoms. The summed E-state index contributed by atoms with van der Waals surface area (Å²) >= 11 is 0. The van der Waals surface area contributed by atoms with Crippen molar-refractivity contribution in [2.75, 3.05) is 13.1 Å². The topological polar surface area (TPSA) is 51.0 Å². The summed E-state index contributed by atoms with van der Waals surface area (Å²) in [6.45, 7) is 2.56. The van der Waals surface area contributed by atoms with E-state index in [-0.39, 0.29) is 5.91 Å². The molecule has 1 saturated heterocycles. The molecular formula is C24H24N4O. The van der Waals surface area contributed by atoms with Crippen molar-refractivity contribution in [3.63, 3.8) is 0 Å². The van der Waals surface area contributed by atoms with E-state index in [1.54, 1.807) is 0 Å². The van der Waals surface area contributed by atoms with Gasteiger partial charge in [0.1, 0.15) is 0 Å². The minimum absolute atomic E-state index is 0.197. The highest BCUT2D eigenvalue weighted by molar-refractivity contribution is 5.82. The smallest absolute Gasteiger partial charge is 0.227 e. The monoisotopic (exact) mass is 384 g/mol. The second-order valence-electron chi connectivity index (χ2n) is 7.95. The minimum Gasteiger partial charge on any atom is -0.342 e. The van der Waals surface area contributed by atoms with E-state index in [4.69, 9.17) is 0 Å². The Labute approximate surface area is 170 Å². The SMILES string of the molecule is O=C(Cc1cnc2ccccc2c1)N1CCC[C@H](Cn2cnc3ccccc32)C1. The molecule has 2 aromatic carbocycles. The van der Waals surface area contributed by atoms with Crippen LogP contribution in [-0.2, 0) is 17.8 Å². The van der Waals surface area contributed by atoms with E-state index in [9.17, 15) is 4.79 Å². The summed E-state index contributed by atoms with van der Waals surface area (Å²) in [6, 6.07) is 18.3. The summed E-state index contributed by atoms with van der Waals surface area (Å²) < 4.78 is 2.22. The normalized spacial score (nSPS) is 17.1. The number of imidazole rings is 1. The average molecular weight is 384 g/mol. The molecule has 0 aliphatic carbocycles. The summed E-state index contributed by atoms with van der Waals surface area (Å²) in [5.41, 5.74) is 4.14. The van der Waals surface area contributed by atoms with Gasteiger partial charge in [-0.2, -0.15) is 0 Å². The zero-order chi connectivity index (χ0) is 19.6. The molecule has 5 rings (SSSR count). The maximum atomic E-state index is 12.9. The summed E-state index contributed by atoms with van der Waals surface area (Å²) in [6.07, 6.45) is 6.37. The number of likely N-dealkylation sites (tertiary alicyclic amines) is 1. The number of amides is 1.